The maximum absolute atomic E-state index is 13.8. The van der Waals surface area contributed by atoms with E-state index in [0.29, 0.717) is 17.9 Å². The first-order valence-electron chi connectivity index (χ1n) is 16.3. The molecule has 264 valence electrons. The first-order chi connectivity index (χ1) is 23.1. The van der Waals surface area contributed by atoms with Gasteiger partial charge in [0.15, 0.2) is 29.8 Å². The lowest BCUT2D eigenvalue weighted by Gasteiger charge is -2.60. The Morgan fingerprint density at radius 3 is 2.43 bits per heavy atom. The van der Waals surface area contributed by atoms with E-state index in [1.165, 1.54) is 21.0 Å². The van der Waals surface area contributed by atoms with E-state index in [2.05, 4.69) is 21.6 Å². The summed E-state index contributed by atoms with van der Waals surface area (Å²) in [5.74, 6) is -1.36. The number of nitrogens with zero attached hydrogens (tertiary/aromatic N) is 3. The van der Waals surface area contributed by atoms with Crippen LogP contribution < -0.4 is 20.1 Å². The molecule has 2 amide bonds. The van der Waals surface area contributed by atoms with Crippen LogP contribution in [0.3, 0.4) is 0 Å². The number of carbonyl (C=O) groups is 4. The van der Waals surface area contributed by atoms with Crippen LogP contribution in [-0.2, 0) is 30.3 Å². The minimum atomic E-state index is -1.01. The van der Waals surface area contributed by atoms with Crippen molar-refractivity contribution in [1.29, 1.82) is 5.26 Å². The summed E-state index contributed by atoms with van der Waals surface area (Å²) in [6.45, 7) is 9.71. The van der Waals surface area contributed by atoms with E-state index in [1.807, 2.05) is 24.9 Å². The first kappa shape index (κ1) is 35.8. The minimum absolute atomic E-state index is 0.0446. The number of rotatable bonds is 8. The number of Topliss-reactive ketones (excluding diaryl/α,β-unsaturated/α-hetero) is 2. The Morgan fingerprint density at radius 2 is 1.82 bits per heavy atom. The third-order valence-electron chi connectivity index (χ3n) is 9.78. The quantitative estimate of drug-likeness (QED) is 0.271. The van der Waals surface area contributed by atoms with Gasteiger partial charge in [0.1, 0.15) is 17.7 Å². The molecule has 14 heteroatoms. The number of allylic oxidation sites excluding steroid dienone is 2. The zero-order valence-electron chi connectivity index (χ0n) is 29.4. The fourth-order valence-electron chi connectivity index (χ4n) is 7.71. The summed E-state index contributed by atoms with van der Waals surface area (Å²) in [5.41, 5.74) is 2.11. The van der Waals surface area contributed by atoms with Gasteiger partial charge in [-0.3, -0.25) is 24.2 Å². The second-order valence-corrected chi connectivity index (χ2v) is 14.0. The van der Waals surface area contributed by atoms with Gasteiger partial charge in [-0.05, 0) is 72.6 Å². The number of hydrogen-bond acceptors (Lipinski definition) is 12. The highest BCUT2D eigenvalue weighted by Gasteiger charge is 2.58. The number of fused-ring (bicyclic) bond motifs is 6. The number of piperazine rings is 1. The molecule has 1 fully saturated rings. The summed E-state index contributed by atoms with van der Waals surface area (Å²) >= 11 is 0. The van der Waals surface area contributed by atoms with Gasteiger partial charge in [-0.15, -0.1) is 0 Å². The van der Waals surface area contributed by atoms with Gasteiger partial charge in [0.05, 0.1) is 25.3 Å². The average Bonchev–Trinajstić information content (AvgIpc) is 3.03. The number of amides is 2. The Hall–Kier alpha value is -4.45. The molecule has 49 heavy (non-hydrogen) atoms. The number of ketones is 2. The monoisotopic (exact) mass is 679 g/mol. The summed E-state index contributed by atoms with van der Waals surface area (Å²) < 4.78 is 22.5. The topological polar surface area (TPSA) is 180 Å². The molecule has 0 radical (unpaired) electrons. The Balaban J connectivity index is 1.60. The van der Waals surface area contributed by atoms with E-state index in [1.54, 1.807) is 27.9 Å². The molecule has 6 atom stereocenters. The van der Waals surface area contributed by atoms with E-state index < -0.39 is 65.1 Å². The summed E-state index contributed by atoms with van der Waals surface area (Å²) in [7, 11) is 5.01. The van der Waals surface area contributed by atoms with Crippen molar-refractivity contribution < 1.29 is 43.2 Å². The smallest absolute Gasteiger partial charge is 0.408 e. The summed E-state index contributed by atoms with van der Waals surface area (Å²) in [4.78, 5) is 57.3. The van der Waals surface area contributed by atoms with Gasteiger partial charge in [0.2, 0.25) is 11.7 Å². The summed E-state index contributed by atoms with van der Waals surface area (Å²) in [5, 5.41) is 26.9. The van der Waals surface area contributed by atoms with E-state index in [0.717, 1.165) is 16.7 Å². The highest BCUT2D eigenvalue weighted by Crippen LogP contribution is 2.54. The van der Waals surface area contributed by atoms with Crippen molar-refractivity contribution in [3.05, 3.63) is 45.2 Å². The Labute approximate surface area is 286 Å². The molecular formula is C35H45N5O9. The van der Waals surface area contributed by atoms with E-state index in [9.17, 15) is 29.5 Å². The molecule has 1 saturated heterocycles. The predicted molar refractivity (Wildman–Crippen MR) is 176 cm³/mol. The number of methoxy groups -OCH3 is 2. The molecule has 3 heterocycles. The summed E-state index contributed by atoms with van der Waals surface area (Å²) in [6.07, 6.45) is -0.203. The number of nitrogens with one attached hydrogen (secondary N) is 2. The molecule has 2 bridgehead atoms. The molecule has 0 aromatic heterocycles. The molecule has 3 N–H and O–H groups in total. The standard InChI is InChI=1S/C35H45N5O9/c1-16-10-19-11-21-23(13-36)40-22(27(39(21)7)25(19)32(31(16)47-9)48-15-46-8)12-20-26(30(43)29(42)17(2)28(20)41)24(40)14-37-33(44)18(3)38-34(45)49-35(4,5)6/h10,18,21-24,27,42H,11-12,14-15H2,1-9H3,(H,37,44)(H,38,45)/t18-,21+,22?,23-,24-,27-/m0/s1. The van der Waals surface area contributed by atoms with Crippen LogP contribution in [0.5, 0.6) is 11.5 Å². The molecule has 3 aliphatic heterocycles. The molecular weight excluding hydrogens is 634 g/mol. The minimum Gasteiger partial charge on any atom is -0.504 e. The molecule has 5 rings (SSSR count). The number of aliphatic hydroxyl groups is 1. The summed E-state index contributed by atoms with van der Waals surface area (Å²) in [6, 6.07) is 0.460. The molecule has 1 aromatic carbocycles. The van der Waals surface area contributed by atoms with Crippen molar-refractivity contribution in [3.63, 3.8) is 0 Å². The molecule has 4 aliphatic rings. The fraction of sp³-hybridized carbons (Fsp3) is 0.571. The lowest BCUT2D eigenvalue weighted by molar-refractivity contribution is -0.125. The van der Waals surface area contributed by atoms with Crippen LogP contribution in [0, 0.1) is 18.3 Å². The lowest BCUT2D eigenvalue weighted by atomic mass is 9.69. The highest BCUT2D eigenvalue weighted by atomic mass is 16.7. The van der Waals surface area contributed by atoms with Crippen LogP contribution >= 0.6 is 0 Å². The Kier molecular flexibility index (Phi) is 9.84. The first-order valence-corrected chi connectivity index (χ1v) is 16.3. The number of ether oxygens (including phenoxy) is 4. The van der Waals surface area contributed by atoms with Crippen LogP contribution in [0.2, 0.25) is 0 Å². The van der Waals surface area contributed by atoms with Crippen molar-refractivity contribution in [2.45, 2.75) is 96.2 Å². The lowest BCUT2D eigenvalue weighted by Crippen LogP contribution is -2.71. The number of aryl methyl sites for hydroxylation is 1. The highest BCUT2D eigenvalue weighted by molar-refractivity contribution is 6.24. The second kappa shape index (κ2) is 13.5. The van der Waals surface area contributed by atoms with Crippen molar-refractivity contribution >= 4 is 23.6 Å². The number of carbonyl (C=O) groups excluding carboxylic acids is 4. The maximum atomic E-state index is 13.8. The van der Waals surface area contributed by atoms with Crippen LogP contribution in [0.25, 0.3) is 0 Å². The maximum Gasteiger partial charge on any atom is 0.408 e. The van der Waals surface area contributed by atoms with Crippen molar-refractivity contribution in [2.75, 3.05) is 34.6 Å². The second-order valence-electron chi connectivity index (χ2n) is 14.0. The van der Waals surface area contributed by atoms with Gasteiger partial charge in [-0.25, -0.2) is 4.79 Å². The average molecular weight is 680 g/mol. The molecule has 1 unspecified atom stereocenters. The molecule has 0 spiro atoms. The zero-order valence-corrected chi connectivity index (χ0v) is 29.4. The number of alkyl carbamates (subject to hydrolysis) is 1. The van der Waals surface area contributed by atoms with E-state index in [4.69, 9.17) is 18.9 Å². The molecule has 1 aromatic rings. The fourth-order valence-corrected chi connectivity index (χ4v) is 7.71. The number of benzene rings is 1. The van der Waals surface area contributed by atoms with Crippen LogP contribution in [0.1, 0.15) is 63.8 Å². The van der Waals surface area contributed by atoms with Crippen LogP contribution in [0.4, 0.5) is 4.79 Å². The van der Waals surface area contributed by atoms with Gasteiger partial charge >= 0.3 is 6.09 Å². The van der Waals surface area contributed by atoms with Crippen molar-refractivity contribution in [3.8, 4) is 17.6 Å². The van der Waals surface area contributed by atoms with Gasteiger partial charge in [-0.2, -0.15) is 5.26 Å². The predicted octanol–water partition coefficient (Wildman–Crippen LogP) is 2.54. The number of likely N-dealkylation sites (N-methyl/N-ethyl adjacent to an activating group) is 1. The van der Waals surface area contributed by atoms with Crippen LogP contribution in [-0.4, -0.2) is 109 Å². The van der Waals surface area contributed by atoms with Gasteiger partial charge < -0.3 is 34.7 Å². The molecule has 14 nitrogen and oxygen atoms in total. The Bertz CT molecular complexity index is 1690. The zero-order chi connectivity index (χ0) is 36.1. The third kappa shape index (κ3) is 6.26. The number of nitriles is 1. The molecule has 1 aliphatic carbocycles. The van der Waals surface area contributed by atoms with E-state index >= 15 is 0 Å². The van der Waals surface area contributed by atoms with E-state index in [-0.39, 0.29) is 42.5 Å². The molecule has 0 saturated carbocycles. The number of hydrogen-bond donors (Lipinski definition) is 3. The Morgan fingerprint density at radius 1 is 1.12 bits per heavy atom. The van der Waals surface area contributed by atoms with Gasteiger partial charge in [-0.1, -0.05) is 6.07 Å². The largest absolute Gasteiger partial charge is 0.504 e. The van der Waals surface area contributed by atoms with Crippen molar-refractivity contribution in [2.24, 2.45) is 0 Å². The normalized spacial score (nSPS) is 25.8. The SMILES string of the molecule is COCOc1c(OC)c(C)cc2c1[C@@H]1C3CC4=C(C(=O)C(O)=C(C)C4=O)[C@H](CNC(=O)[C@H](C)NC(=O)OC(C)(C)C)N3[C@@H](C#N)[C@@H](C2)N1C. The van der Waals surface area contributed by atoms with Crippen LogP contribution in [0.15, 0.2) is 28.5 Å². The van der Waals surface area contributed by atoms with Crippen molar-refractivity contribution in [1.82, 2.24) is 20.4 Å². The third-order valence-corrected chi connectivity index (χ3v) is 9.78. The van der Waals surface area contributed by atoms with Gasteiger partial charge in [0.25, 0.3) is 0 Å². The van der Waals surface area contributed by atoms with Gasteiger partial charge in [0, 0.05) is 48.0 Å². The number of aliphatic hydroxyl groups excluding tert-OH is 1.